The molecule has 3 aliphatic heterocycles. The molecule has 156 valence electrons. The fourth-order valence-electron chi connectivity index (χ4n) is 5.26. The first-order chi connectivity index (χ1) is 14.0. The zero-order valence-electron chi connectivity index (χ0n) is 16.5. The zero-order valence-corrected chi connectivity index (χ0v) is 16.5. The number of benzene rings is 1. The molecule has 1 unspecified atom stereocenters. The highest BCUT2D eigenvalue weighted by atomic mass is 19.1. The normalized spacial score (nSPS) is 28.9. The first-order valence-electron chi connectivity index (χ1n) is 10.4. The number of Topliss-reactive ketones (excluding diaryl/α,β-unsaturated/α-hetero) is 1. The van der Waals surface area contributed by atoms with Crippen molar-refractivity contribution in [2.75, 3.05) is 43.1 Å². The minimum Gasteiger partial charge on any atom is -0.492 e. The molecule has 0 aromatic heterocycles. The fourth-order valence-corrected chi connectivity index (χ4v) is 5.26. The molecule has 2 N–H and O–H groups in total. The summed E-state index contributed by atoms with van der Waals surface area (Å²) in [7, 11) is 1.50. The maximum atomic E-state index is 15.3. The lowest BCUT2D eigenvalue weighted by atomic mass is 9.89. The lowest BCUT2D eigenvalue weighted by molar-refractivity contribution is -0.139. The van der Waals surface area contributed by atoms with E-state index in [2.05, 4.69) is 5.32 Å². The molecular weight excluding hydrogens is 377 g/mol. The molecule has 0 radical (unpaired) electrons. The van der Waals surface area contributed by atoms with Crippen LogP contribution in [-0.4, -0.2) is 62.2 Å². The monoisotopic (exact) mass is 403 g/mol. The number of carbonyl (C=O) groups is 2. The number of carbonyl (C=O) groups excluding carboxylic acids is 1. The number of carboxylic acids is 1. The summed E-state index contributed by atoms with van der Waals surface area (Å²) >= 11 is 0. The summed E-state index contributed by atoms with van der Waals surface area (Å²) in [5.74, 6) is -2.55. The van der Waals surface area contributed by atoms with Gasteiger partial charge in [-0.05, 0) is 44.2 Å². The number of aliphatic carboxylic acids is 1. The van der Waals surface area contributed by atoms with Crippen molar-refractivity contribution in [3.8, 4) is 5.75 Å². The third-order valence-corrected chi connectivity index (χ3v) is 6.84. The maximum absolute atomic E-state index is 15.3. The van der Waals surface area contributed by atoms with Crippen LogP contribution in [0.3, 0.4) is 0 Å². The predicted molar refractivity (Wildman–Crippen MR) is 106 cm³/mol. The lowest BCUT2D eigenvalue weighted by Crippen LogP contribution is -2.44. The molecule has 0 amide bonds. The Morgan fingerprint density at radius 3 is 2.69 bits per heavy atom. The largest absolute Gasteiger partial charge is 0.492 e. The molecule has 3 fully saturated rings. The van der Waals surface area contributed by atoms with E-state index in [0.29, 0.717) is 35.6 Å². The summed E-state index contributed by atoms with van der Waals surface area (Å²) in [5, 5.41) is 13.0. The zero-order chi connectivity index (χ0) is 20.3. The molecule has 3 heterocycles. The Kier molecular flexibility index (Phi) is 4.42. The van der Waals surface area contributed by atoms with Crippen LogP contribution < -0.4 is 19.9 Å². The molecule has 0 bridgehead atoms. The summed E-state index contributed by atoms with van der Waals surface area (Å²) in [6, 6.07) is 1.75. The standard InChI is InChI=1S/C21H26FN3O4/c1-29-20-17-13(19(26)14(21(27)28)9-25(17)12-4-5-12)7-15(22)18(20)24-8-11-3-2-6-23-16(11)10-24/h7,11-12,14,16,23H,2-6,8-10H2,1H3,(H,27,28)/t11-,14?,16+/m0/s1. The van der Waals surface area contributed by atoms with Crippen molar-refractivity contribution in [2.24, 2.45) is 11.8 Å². The minimum atomic E-state index is -1.17. The number of piperidine rings is 1. The van der Waals surface area contributed by atoms with Gasteiger partial charge in [0.15, 0.2) is 17.3 Å². The summed E-state index contributed by atoms with van der Waals surface area (Å²) in [5.41, 5.74) is 1.09. The summed E-state index contributed by atoms with van der Waals surface area (Å²) in [4.78, 5) is 28.5. The lowest BCUT2D eigenvalue weighted by Gasteiger charge is -2.36. The van der Waals surface area contributed by atoms with Crippen molar-refractivity contribution >= 4 is 23.1 Å². The smallest absolute Gasteiger partial charge is 0.316 e. The number of anilines is 2. The Morgan fingerprint density at radius 1 is 1.24 bits per heavy atom. The molecule has 4 aliphatic rings. The SMILES string of the molecule is COc1c(N2C[C@@H]3CCCN[C@@H]3C2)c(F)cc2c1N(C1CC1)CC(C(=O)O)C2=O. The third-order valence-electron chi connectivity index (χ3n) is 6.84. The summed E-state index contributed by atoms with van der Waals surface area (Å²) in [6.07, 6.45) is 4.12. The van der Waals surface area contributed by atoms with Gasteiger partial charge in [-0.2, -0.15) is 0 Å². The van der Waals surface area contributed by atoms with Gasteiger partial charge >= 0.3 is 5.97 Å². The van der Waals surface area contributed by atoms with Crippen LogP contribution in [0.25, 0.3) is 0 Å². The van der Waals surface area contributed by atoms with E-state index in [4.69, 9.17) is 4.74 Å². The van der Waals surface area contributed by atoms with Gasteiger partial charge in [0, 0.05) is 37.3 Å². The van der Waals surface area contributed by atoms with Gasteiger partial charge in [0.1, 0.15) is 11.6 Å². The molecule has 8 heteroatoms. The van der Waals surface area contributed by atoms with Crippen LogP contribution in [-0.2, 0) is 4.79 Å². The van der Waals surface area contributed by atoms with E-state index >= 15 is 4.39 Å². The molecule has 1 aromatic rings. The number of halogens is 1. The van der Waals surface area contributed by atoms with Crippen LogP contribution in [0, 0.1) is 17.7 Å². The highest BCUT2D eigenvalue weighted by Gasteiger charge is 2.46. The summed E-state index contributed by atoms with van der Waals surface area (Å²) < 4.78 is 21.0. The first kappa shape index (κ1) is 18.7. The molecule has 5 rings (SSSR count). The van der Waals surface area contributed by atoms with Crippen LogP contribution in [0.5, 0.6) is 5.75 Å². The number of methoxy groups -OCH3 is 1. The molecule has 1 saturated carbocycles. The van der Waals surface area contributed by atoms with Crippen molar-refractivity contribution in [1.82, 2.24) is 5.32 Å². The van der Waals surface area contributed by atoms with Crippen molar-refractivity contribution in [3.05, 3.63) is 17.4 Å². The molecule has 29 heavy (non-hydrogen) atoms. The van der Waals surface area contributed by atoms with Crippen LogP contribution in [0.1, 0.15) is 36.0 Å². The number of ether oxygens (including phenoxy) is 1. The Labute approximate surface area is 168 Å². The van der Waals surface area contributed by atoms with Gasteiger partial charge in [0.05, 0.1) is 12.8 Å². The molecule has 0 spiro atoms. The topological polar surface area (TPSA) is 82.1 Å². The van der Waals surface area contributed by atoms with E-state index in [1.807, 2.05) is 9.80 Å². The quantitative estimate of drug-likeness (QED) is 0.743. The predicted octanol–water partition coefficient (Wildman–Crippen LogP) is 1.89. The average Bonchev–Trinajstić information content (AvgIpc) is 3.45. The highest BCUT2D eigenvalue weighted by molar-refractivity contribution is 6.14. The number of nitrogens with zero attached hydrogens (tertiary/aromatic N) is 2. The van der Waals surface area contributed by atoms with Gasteiger partial charge in [-0.3, -0.25) is 9.59 Å². The second-order valence-corrected chi connectivity index (χ2v) is 8.64. The number of nitrogens with one attached hydrogen (secondary N) is 1. The molecule has 3 atom stereocenters. The minimum absolute atomic E-state index is 0.111. The van der Waals surface area contributed by atoms with Gasteiger partial charge in [-0.15, -0.1) is 0 Å². The highest BCUT2D eigenvalue weighted by Crippen LogP contribution is 2.50. The van der Waals surface area contributed by atoms with Gasteiger partial charge in [0.2, 0.25) is 0 Å². The van der Waals surface area contributed by atoms with E-state index in [-0.39, 0.29) is 18.2 Å². The van der Waals surface area contributed by atoms with Crippen molar-refractivity contribution in [1.29, 1.82) is 0 Å². The van der Waals surface area contributed by atoms with E-state index in [1.54, 1.807) is 0 Å². The van der Waals surface area contributed by atoms with Crippen molar-refractivity contribution < 1.29 is 23.8 Å². The average molecular weight is 403 g/mol. The fraction of sp³-hybridized carbons (Fsp3) is 0.619. The van der Waals surface area contributed by atoms with Crippen molar-refractivity contribution in [2.45, 2.75) is 37.8 Å². The van der Waals surface area contributed by atoms with E-state index < -0.39 is 23.5 Å². The number of fused-ring (bicyclic) bond motifs is 2. The van der Waals surface area contributed by atoms with Crippen LogP contribution in [0.15, 0.2) is 6.07 Å². The molecule has 7 nitrogen and oxygen atoms in total. The Hall–Kier alpha value is -2.35. The van der Waals surface area contributed by atoms with Crippen LogP contribution in [0.2, 0.25) is 0 Å². The molecule has 2 saturated heterocycles. The van der Waals surface area contributed by atoms with Gasteiger partial charge in [0.25, 0.3) is 0 Å². The molecular formula is C21H26FN3O4. The second kappa shape index (κ2) is 6.86. The number of ketones is 1. The number of hydrogen-bond acceptors (Lipinski definition) is 6. The maximum Gasteiger partial charge on any atom is 0.316 e. The van der Waals surface area contributed by atoms with E-state index in [1.165, 1.54) is 13.2 Å². The van der Waals surface area contributed by atoms with Crippen molar-refractivity contribution in [3.63, 3.8) is 0 Å². The first-order valence-corrected chi connectivity index (χ1v) is 10.4. The van der Waals surface area contributed by atoms with E-state index in [9.17, 15) is 14.7 Å². The third kappa shape index (κ3) is 2.96. The molecule has 1 aliphatic carbocycles. The number of hydrogen-bond donors (Lipinski definition) is 2. The van der Waals surface area contributed by atoms with Crippen LogP contribution in [0.4, 0.5) is 15.8 Å². The number of carboxylic acid groups (broad SMARTS) is 1. The van der Waals surface area contributed by atoms with E-state index in [0.717, 1.165) is 38.8 Å². The Bertz CT molecular complexity index is 858. The Morgan fingerprint density at radius 2 is 2.03 bits per heavy atom. The van der Waals surface area contributed by atoms with Crippen LogP contribution >= 0.6 is 0 Å². The Balaban J connectivity index is 1.61. The van der Waals surface area contributed by atoms with Gasteiger partial charge < -0.3 is 25.0 Å². The molecule has 1 aromatic carbocycles. The van der Waals surface area contributed by atoms with Gasteiger partial charge in [-0.1, -0.05) is 0 Å². The van der Waals surface area contributed by atoms with Gasteiger partial charge in [-0.25, -0.2) is 4.39 Å². The number of rotatable bonds is 4. The summed E-state index contributed by atoms with van der Waals surface area (Å²) in [6.45, 7) is 2.55. The second-order valence-electron chi connectivity index (χ2n) is 8.64.